The van der Waals surface area contributed by atoms with Crippen molar-refractivity contribution in [3.8, 4) is 0 Å². The molecule has 0 atom stereocenters. The number of hydrogen-bond donors (Lipinski definition) is 2. The van der Waals surface area contributed by atoms with Crippen molar-refractivity contribution >= 4 is 11.6 Å². The lowest BCUT2D eigenvalue weighted by Crippen LogP contribution is -2.31. The lowest BCUT2D eigenvalue weighted by Gasteiger charge is -1.96. The summed E-state index contributed by atoms with van der Waals surface area (Å²) >= 11 is 0. The number of rotatable bonds is 1. The molecule has 0 radical (unpaired) electrons. The number of carbonyl (C=O) groups excluding carboxylic acids is 1. The number of nitrogens with zero attached hydrogens (tertiary/aromatic N) is 5. The lowest BCUT2D eigenvalue weighted by molar-refractivity contribution is 0.0950. The molecule has 0 aliphatic rings. The van der Waals surface area contributed by atoms with Crippen molar-refractivity contribution in [2.24, 2.45) is 12.9 Å². The largest absolute Gasteiger partial charge is 0.352 e. The van der Waals surface area contributed by atoms with Crippen molar-refractivity contribution in [3.05, 3.63) is 22.5 Å². The maximum atomic E-state index is 11.5. The molecule has 0 aromatic carbocycles. The van der Waals surface area contributed by atoms with Gasteiger partial charge in [0.05, 0.1) is 0 Å². The number of hydrazine groups is 1. The van der Waals surface area contributed by atoms with E-state index in [1.807, 2.05) is 5.43 Å². The van der Waals surface area contributed by atoms with Gasteiger partial charge in [-0.05, 0) is 0 Å². The molecule has 9 nitrogen and oxygen atoms in total. The zero-order valence-corrected chi connectivity index (χ0v) is 7.71. The van der Waals surface area contributed by atoms with E-state index in [0.717, 1.165) is 9.08 Å². The monoisotopic (exact) mass is 209 g/mol. The van der Waals surface area contributed by atoms with E-state index >= 15 is 0 Å². The molecule has 78 valence electrons. The lowest BCUT2D eigenvalue weighted by atomic mass is 10.4. The number of aryl methyl sites for hydroxylation is 1. The molecular weight excluding hydrogens is 202 g/mol. The zero-order valence-electron chi connectivity index (χ0n) is 7.71. The van der Waals surface area contributed by atoms with Crippen molar-refractivity contribution in [1.82, 2.24) is 29.8 Å². The average molecular weight is 209 g/mol. The third kappa shape index (κ3) is 1.25. The van der Waals surface area contributed by atoms with Crippen LogP contribution < -0.4 is 17.0 Å². The van der Waals surface area contributed by atoms with Gasteiger partial charge in [-0.3, -0.25) is 10.2 Å². The molecule has 2 rings (SSSR count). The first kappa shape index (κ1) is 9.27. The molecule has 0 unspecified atom stereocenters. The minimum absolute atomic E-state index is 0.0392. The quantitative estimate of drug-likeness (QED) is 0.302. The minimum atomic E-state index is -0.625. The number of nitrogens with one attached hydrogen (secondary N) is 1. The average Bonchev–Trinajstić information content (AvgIpc) is 2.66. The Labute approximate surface area is 82.5 Å². The summed E-state index contributed by atoms with van der Waals surface area (Å²) in [6, 6.07) is 0. The van der Waals surface area contributed by atoms with Crippen LogP contribution >= 0.6 is 0 Å². The van der Waals surface area contributed by atoms with Crippen LogP contribution in [0.3, 0.4) is 0 Å². The highest BCUT2D eigenvalue weighted by Crippen LogP contribution is 2.00. The highest BCUT2D eigenvalue weighted by atomic mass is 16.2. The van der Waals surface area contributed by atoms with Gasteiger partial charge < -0.3 is 0 Å². The second-order valence-electron chi connectivity index (χ2n) is 2.76. The van der Waals surface area contributed by atoms with Gasteiger partial charge in [0, 0.05) is 7.05 Å². The molecule has 0 spiro atoms. The smallest absolute Gasteiger partial charge is 0.289 e. The fraction of sp³-hybridized carbons (Fsp3) is 0.167. The number of nitrogens with two attached hydrogens (primary N) is 1. The molecule has 2 aromatic heterocycles. The summed E-state index contributed by atoms with van der Waals surface area (Å²) in [6.07, 6.45) is 1.19. The fourth-order valence-corrected chi connectivity index (χ4v) is 1.11. The summed E-state index contributed by atoms with van der Waals surface area (Å²) in [5.41, 5.74) is 1.49. The summed E-state index contributed by atoms with van der Waals surface area (Å²) < 4.78 is 2.14. The molecule has 0 aliphatic heterocycles. The molecule has 0 fully saturated rings. The van der Waals surface area contributed by atoms with E-state index in [9.17, 15) is 9.59 Å². The second-order valence-corrected chi connectivity index (χ2v) is 2.76. The summed E-state index contributed by atoms with van der Waals surface area (Å²) in [4.78, 5) is 26.4. The van der Waals surface area contributed by atoms with Gasteiger partial charge in [0.1, 0.15) is 6.33 Å². The third-order valence-corrected chi connectivity index (χ3v) is 1.84. The van der Waals surface area contributed by atoms with E-state index in [1.54, 1.807) is 0 Å². The Morgan fingerprint density at radius 2 is 2.33 bits per heavy atom. The first-order valence-electron chi connectivity index (χ1n) is 3.93. The predicted molar refractivity (Wildman–Crippen MR) is 47.7 cm³/mol. The van der Waals surface area contributed by atoms with E-state index in [4.69, 9.17) is 5.84 Å². The molecule has 9 heteroatoms. The summed E-state index contributed by atoms with van der Waals surface area (Å²) in [6.45, 7) is 0. The predicted octanol–water partition coefficient (Wildman–Crippen LogP) is -2.57. The maximum Gasteiger partial charge on any atom is 0.352 e. The Hall–Kier alpha value is -2.29. The van der Waals surface area contributed by atoms with Crippen LogP contribution in [0.4, 0.5) is 0 Å². The number of aromatic nitrogens is 5. The van der Waals surface area contributed by atoms with Gasteiger partial charge in [0.2, 0.25) is 0 Å². The van der Waals surface area contributed by atoms with Gasteiger partial charge in [-0.2, -0.15) is 4.68 Å². The van der Waals surface area contributed by atoms with Crippen LogP contribution in [0.5, 0.6) is 0 Å². The number of hydrogen-bond acceptors (Lipinski definition) is 6. The van der Waals surface area contributed by atoms with E-state index in [-0.39, 0.29) is 11.3 Å². The molecule has 0 aliphatic carbocycles. The summed E-state index contributed by atoms with van der Waals surface area (Å²) in [7, 11) is 1.44. The van der Waals surface area contributed by atoms with Crippen molar-refractivity contribution < 1.29 is 4.79 Å². The molecule has 2 heterocycles. The number of nitrogen functional groups attached to an aromatic ring is 1. The van der Waals surface area contributed by atoms with E-state index in [0.29, 0.717) is 0 Å². The zero-order chi connectivity index (χ0) is 11.0. The molecule has 1 amide bonds. The fourth-order valence-electron chi connectivity index (χ4n) is 1.11. The Balaban J connectivity index is 2.78. The SMILES string of the molecule is Cn1nnc2c(C(=O)NN)ncn2c1=O. The van der Waals surface area contributed by atoms with Gasteiger partial charge >= 0.3 is 5.69 Å². The van der Waals surface area contributed by atoms with Gasteiger partial charge in [-0.15, -0.1) is 5.10 Å². The van der Waals surface area contributed by atoms with Crippen LogP contribution in [0.1, 0.15) is 10.5 Å². The minimum Gasteiger partial charge on any atom is -0.289 e. The maximum absolute atomic E-state index is 11.5. The van der Waals surface area contributed by atoms with Crippen molar-refractivity contribution in [2.75, 3.05) is 0 Å². The number of fused-ring (bicyclic) bond motifs is 1. The molecular formula is C6H7N7O2. The Morgan fingerprint density at radius 3 is 3.00 bits per heavy atom. The third-order valence-electron chi connectivity index (χ3n) is 1.84. The van der Waals surface area contributed by atoms with Crippen molar-refractivity contribution in [1.29, 1.82) is 0 Å². The van der Waals surface area contributed by atoms with Crippen LogP contribution in [0.25, 0.3) is 5.65 Å². The van der Waals surface area contributed by atoms with E-state index < -0.39 is 11.6 Å². The number of imidazole rings is 1. The molecule has 0 saturated carbocycles. The van der Waals surface area contributed by atoms with Crippen LogP contribution in [-0.4, -0.2) is 30.3 Å². The summed E-state index contributed by atoms with van der Waals surface area (Å²) in [5.74, 6) is 4.32. The first-order chi connectivity index (χ1) is 7.15. The van der Waals surface area contributed by atoms with Crippen molar-refractivity contribution in [3.63, 3.8) is 0 Å². The van der Waals surface area contributed by atoms with Crippen LogP contribution in [0, 0.1) is 0 Å². The van der Waals surface area contributed by atoms with Crippen LogP contribution in [0.2, 0.25) is 0 Å². The van der Waals surface area contributed by atoms with Crippen LogP contribution in [-0.2, 0) is 7.05 Å². The Bertz CT molecular complexity index is 583. The van der Waals surface area contributed by atoms with E-state index in [2.05, 4.69) is 15.3 Å². The van der Waals surface area contributed by atoms with Gasteiger partial charge in [0.15, 0.2) is 11.3 Å². The molecule has 0 saturated heterocycles. The Kier molecular flexibility index (Phi) is 1.94. The normalized spacial score (nSPS) is 10.5. The molecule has 2 aromatic rings. The number of carbonyl (C=O) groups is 1. The highest BCUT2D eigenvalue weighted by molar-refractivity contribution is 5.97. The summed E-state index contributed by atoms with van der Waals surface area (Å²) in [5, 5.41) is 7.20. The molecule has 3 N–H and O–H groups in total. The second kappa shape index (κ2) is 3.13. The molecule has 0 bridgehead atoms. The van der Waals surface area contributed by atoms with Gasteiger partial charge in [0.25, 0.3) is 5.91 Å². The van der Waals surface area contributed by atoms with Gasteiger partial charge in [-0.1, -0.05) is 5.21 Å². The van der Waals surface area contributed by atoms with E-state index in [1.165, 1.54) is 13.4 Å². The standard InChI is InChI=1S/C6H7N7O2/c1-12-6(15)13-2-8-3(5(14)9-7)4(13)10-11-12/h2H,7H2,1H3,(H,9,14). The van der Waals surface area contributed by atoms with Gasteiger partial charge in [-0.25, -0.2) is 20.0 Å². The highest BCUT2D eigenvalue weighted by Gasteiger charge is 2.15. The number of amides is 1. The Morgan fingerprint density at radius 1 is 1.60 bits per heavy atom. The first-order valence-corrected chi connectivity index (χ1v) is 3.93. The topological polar surface area (TPSA) is 120 Å². The molecule has 15 heavy (non-hydrogen) atoms. The van der Waals surface area contributed by atoms with Crippen molar-refractivity contribution in [2.45, 2.75) is 0 Å². The van der Waals surface area contributed by atoms with Crippen LogP contribution in [0.15, 0.2) is 11.1 Å².